The zero-order chi connectivity index (χ0) is 22.1. The van der Waals surface area contributed by atoms with E-state index < -0.39 is 16.4 Å². The molecule has 0 aliphatic rings. The van der Waals surface area contributed by atoms with E-state index >= 15 is 0 Å². The molecule has 0 N–H and O–H groups in total. The van der Waals surface area contributed by atoms with Crippen molar-refractivity contribution in [3.63, 3.8) is 0 Å². The molecule has 0 heterocycles. The Labute approximate surface area is 176 Å². The molecule has 160 valence electrons. The molecule has 0 saturated carbocycles. The fraction of sp³-hybridized carbons (Fsp3) is 0.696. The molecule has 28 heavy (non-hydrogen) atoms. The van der Waals surface area contributed by atoms with Crippen LogP contribution in [0.5, 0.6) is 0 Å². The van der Waals surface area contributed by atoms with Crippen molar-refractivity contribution < 1.29 is 4.43 Å². The normalized spacial score (nSPS) is 16.1. The van der Waals surface area contributed by atoms with E-state index in [1.165, 1.54) is 16.4 Å². The number of anilines is 1. The molecule has 0 bridgehead atoms. The van der Waals surface area contributed by atoms with Gasteiger partial charge in [0.25, 0.3) is 0 Å². The molecule has 1 aromatic rings. The van der Waals surface area contributed by atoms with Crippen molar-refractivity contribution in [2.24, 2.45) is 4.99 Å². The highest BCUT2D eigenvalue weighted by Gasteiger charge is 2.43. The van der Waals surface area contributed by atoms with Crippen LogP contribution in [0, 0.1) is 0 Å². The predicted octanol–water partition coefficient (Wildman–Crippen LogP) is 5.91. The maximum absolute atomic E-state index is 6.81. The average molecular weight is 421 g/mol. The van der Waals surface area contributed by atoms with E-state index in [1.54, 1.807) is 0 Å². The van der Waals surface area contributed by atoms with Crippen molar-refractivity contribution in [2.75, 3.05) is 26.0 Å². The lowest BCUT2D eigenvalue weighted by atomic mass is 10.1. The largest absolute Gasteiger partial charge is 0.414 e. The van der Waals surface area contributed by atoms with E-state index in [2.05, 4.69) is 110 Å². The highest BCUT2D eigenvalue weighted by molar-refractivity contribution is 6.92. The van der Waals surface area contributed by atoms with Gasteiger partial charge in [-0.1, -0.05) is 46.9 Å². The van der Waals surface area contributed by atoms with Crippen LogP contribution >= 0.6 is 0 Å². The first-order chi connectivity index (χ1) is 12.6. The summed E-state index contributed by atoms with van der Waals surface area (Å²) in [4.78, 5) is 6.70. The molecule has 5 heteroatoms. The number of benzene rings is 1. The monoisotopic (exact) mass is 420 g/mol. The van der Waals surface area contributed by atoms with Crippen LogP contribution in [0.15, 0.2) is 23.2 Å². The van der Waals surface area contributed by atoms with Crippen molar-refractivity contribution >= 4 is 33.0 Å². The third-order valence-electron chi connectivity index (χ3n) is 7.07. The van der Waals surface area contributed by atoms with Crippen molar-refractivity contribution in [1.82, 2.24) is 0 Å². The molecule has 0 aliphatic carbocycles. The summed E-state index contributed by atoms with van der Waals surface area (Å²) in [6.45, 7) is 23.5. The van der Waals surface area contributed by atoms with Crippen molar-refractivity contribution in [3.8, 4) is 0 Å². The van der Waals surface area contributed by atoms with Crippen LogP contribution in [-0.4, -0.2) is 49.3 Å². The minimum Gasteiger partial charge on any atom is -0.414 e. The maximum Gasteiger partial charge on any atom is 0.192 e. The second-order valence-electron chi connectivity index (χ2n) is 10.5. The van der Waals surface area contributed by atoms with Gasteiger partial charge in [0.1, 0.15) is 0 Å². The second-order valence-corrected chi connectivity index (χ2v) is 20.2. The molecule has 0 aliphatic heterocycles. The van der Waals surface area contributed by atoms with Gasteiger partial charge in [-0.3, -0.25) is 4.99 Å². The summed E-state index contributed by atoms with van der Waals surface area (Å²) >= 11 is 0. The molecular weight excluding hydrogens is 376 g/mol. The molecule has 0 spiro atoms. The van der Waals surface area contributed by atoms with E-state index in [4.69, 9.17) is 4.43 Å². The Morgan fingerprint density at radius 1 is 1.07 bits per heavy atom. The van der Waals surface area contributed by atoms with E-state index in [9.17, 15) is 0 Å². The average Bonchev–Trinajstić information content (AvgIpc) is 2.58. The molecule has 0 amide bonds. The van der Waals surface area contributed by atoms with Gasteiger partial charge in [0, 0.05) is 38.6 Å². The van der Waals surface area contributed by atoms with E-state index in [1.807, 2.05) is 7.05 Å². The van der Waals surface area contributed by atoms with Gasteiger partial charge >= 0.3 is 0 Å². The first kappa shape index (κ1) is 25.1. The number of hydrogen-bond acceptors (Lipinski definition) is 3. The lowest BCUT2D eigenvalue weighted by molar-refractivity contribution is 0.193. The summed E-state index contributed by atoms with van der Waals surface area (Å²) in [5.74, 6) is 0. The fourth-order valence-electron chi connectivity index (χ4n) is 3.36. The van der Waals surface area contributed by atoms with E-state index in [0.717, 1.165) is 5.71 Å². The van der Waals surface area contributed by atoms with Gasteiger partial charge in [-0.2, -0.15) is 0 Å². The summed E-state index contributed by atoms with van der Waals surface area (Å²) in [5.41, 5.74) is 4.18. The summed E-state index contributed by atoms with van der Waals surface area (Å²) in [6.07, 6.45) is 0.247. The Morgan fingerprint density at radius 3 is 2.04 bits per heavy atom. The lowest BCUT2D eigenvalue weighted by Gasteiger charge is -2.43. The van der Waals surface area contributed by atoms with Crippen LogP contribution in [-0.2, 0) is 4.43 Å². The minimum atomic E-state index is -1.82. The summed E-state index contributed by atoms with van der Waals surface area (Å²) in [5, 5.41) is 1.72. The molecular formula is C23H44N2OSi2. The molecule has 2 atom stereocenters. The van der Waals surface area contributed by atoms with Gasteiger partial charge < -0.3 is 9.33 Å². The van der Waals surface area contributed by atoms with Gasteiger partial charge in [-0.15, -0.1) is 0 Å². The molecule has 0 saturated heterocycles. The Kier molecular flexibility index (Phi) is 7.93. The zero-order valence-electron chi connectivity index (χ0n) is 20.7. The Hall–Kier alpha value is -0.916. The van der Waals surface area contributed by atoms with Gasteiger partial charge in [0.2, 0.25) is 0 Å². The molecule has 1 unspecified atom stereocenters. The first-order valence-corrected chi connectivity index (χ1v) is 16.5. The predicted molar refractivity (Wildman–Crippen MR) is 133 cm³/mol. The number of rotatable bonds is 7. The standard InChI is InChI=1S/C23H44N2OSi2/c1-17(24-7)21-15-14-20(25(8)9)16-22(21)27(10,11)19(3)18(2)26-28(12,13)23(4,5)6/h14-16,18-19H,1-13H3/b24-17-/t18?,19-/m1/s1. The quantitative estimate of drug-likeness (QED) is 0.405. The number of hydrogen-bond donors (Lipinski definition) is 0. The van der Waals surface area contributed by atoms with Crippen LogP contribution in [0.1, 0.15) is 47.1 Å². The van der Waals surface area contributed by atoms with Crippen molar-refractivity contribution in [1.29, 1.82) is 0 Å². The van der Waals surface area contributed by atoms with Crippen LogP contribution in [0.4, 0.5) is 5.69 Å². The molecule has 1 rings (SSSR count). The van der Waals surface area contributed by atoms with Crippen molar-refractivity contribution in [2.45, 2.75) is 84.4 Å². The van der Waals surface area contributed by atoms with Crippen LogP contribution in [0.3, 0.4) is 0 Å². The molecule has 0 aromatic heterocycles. The summed E-state index contributed by atoms with van der Waals surface area (Å²) in [6, 6.07) is 6.86. The Balaban J connectivity index is 3.38. The SMILES string of the molecule is C/N=C(/C)c1ccc(N(C)C)cc1[Si](C)(C)[C@H](C)C(C)O[Si](C)(C)C(C)(C)C. The number of nitrogens with zero attached hydrogens (tertiary/aromatic N) is 2. The zero-order valence-corrected chi connectivity index (χ0v) is 22.7. The third-order valence-corrected chi connectivity index (χ3v) is 16.2. The van der Waals surface area contributed by atoms with E-state index in [-0.39, 0.29) is 11.1 Å². The maximum atomic E-state index is 6.81. The molecule has 0 fully saturated rings. The van der Waals surface area contributed by atoms with Gasteiger partial charge in [-0.25, -0.2) is 0 Å². The van der Waals surface area contributed by atoms with Crippen LogP contribution < -0.4 is 10.1 Å². The smallest absolute Gasteiger partial charge is 0.192 e. The van der Waals surface area contributed by atoms with Gasteiger partial charge in [0.15, 0.2) is 8.32 Å². The highest BCUT2D eigenvalue weighted by atomic mass is 28.4. The Morgan fingerprint density at radius 2 is 1.61 bits per heavy atom. The topological polar surface area (TPSA) is 24.8 Å². The summed E-state index contributed by atoms with van der Waals surface area (Å²) < 4.78 is 6.81. The lowest BCUT2D eigenvalue weighted by Crippen LogP contribution is -2.53. The number of aliphatic imine (C=N–C) groups is 1. The second kappa shape index (κ2) is 8.84. The van der Waals surface area contributed by atoms with Gasteiger partial charge in [0.05, 0.1) is 8.07 Å². The van der Waals surface area contributed by atoms with E-state index in [0.29, 0.717) is 5.54 Å². The fourth-order valence-corrected chi connectivity index (χ4v) is 8.19. The highest BCUT2D eigenvalue weighted by Crippen LogP contribution is 2.40. The van der Waals surface area contributed by atoms with Crippen LogP contribution in [0.2, 0.25) is 36.8 Å². The van der Waals surface area contributed by atoms with Gasteiger partial charge in [-0.05, 0) is 60.4 Å². The minimum absolute atomic E-state index is 0.230. The third kappa shape index (κ3) is 5.36. The van der Waals surface area contributed by atoms with Crippen molar-refractivity contribution in [3.05, 3.63) is 23.8 Å². The molecule has 0 radical (unpaired) electrons. The summed E-state index contributed by atoms with van der Waals surface area (Å²) in [7, 11) is 2.51. The molecule has 1 aromatic carbocycles. The van der Waals surface area contributed by atoms with Crippen LogP contribution in [0.25, 0.3) is 0 Å². The molecule has 3 nitrogen and oxygen atoms in total. The Bertz CT molecular complexity index is 703. The first-order valence-electron chi connectivity index (χ1n) is 10.5.